The first-order valence-corrected chi connectivity index (χ1v) is 6.41. The zero-order valence-corrected chi connectivity index (χ0v) is 10.2. The minimum Gasteiger partial charge on any atom is -0.296 e. The number of rotatable bonds is 1. The molecule has 3 heteroatoms. The zero-order chi connectivity index (χ0) is 11.8. The molecule has 1 unspecified atom stereocenters. The van der Waals surface area contributed by atoms with Gasteiger partial charge < -0.3 is 0 Å². The van der Waals surface area contributed by atoms with Gasteiger partial charge in [0.1, 0.15) is 0 Å². The first-order valence-electron chi connectivity index (χ1n) is 6.41. The van der Waals surface area contributed by atoms with E-state index < -0.39 is 0 Å². The normalized spacial score (nSPS) is 39.9. The number of imide groups is 1. The minimum atomic E-state index is -0.0655. The molecule has 0 aromatic heterocycles. The Morgan fingerprint density at radius 3 is 2.50 bits per heavy atom. The average Bonchev–Trinajstić information content (AvgIpc) is 2.22. The van der Waals surface area contributed by atoms with Crippen molar-refractivity contribution < 1.29 is 9.59 Å². The van der Waals surface area contributed by atoms with E-state index >= 15 is 0 Å². The highest BCUT2D eigenvalue weighted by atomic mass is 16.2. The van der Waals surface area contributed by atoms with E-state index in [1.54, 1.807) is 0 Å². The summed E-state index contributed by atoms with van der Waals surface area (Å²) in [6.45, 7) is 4.32. The van der Waals surface area contributed by atoms with Crippen LogP contribution in [0.3, 0.4) is 0 Å². The number of nitrogens with one attached hydrogen (secondary N) is 1. The van der Waals surface area contributed by atoms with Crippen molar-refractivity contribution >= 4 is 11.8 Å². The Hall–Kier alpha value is -0.860. The van der Waals surface area contributed by atoms with E-state index in [0.717, 1.165) is 38.0 Å². The van der Waals surface area contributed by atoms with Gasteiger partial charge in [0.2, 0.25) is 11.8 Å². The third kappa shape index (κ3) is 1.87. The van der Waals surface area contributed by atoms with Crippen molar-refractivity contribution in [3.8, 4) is 0 Å². The average molecular weight is 223 g/mol. The number of hydrogen-bond acceptors (Lipinski definition) is 2. The van der Waals surface area contributed by atoms with Crippen LogP contribution in [0, 0.1) is 17.3 Å². The van der Waals surface area contributed by atoms with Crippen LogP contribution in [0.4, 0.5) is 0 Å². The van der Waals surface area contributed by atoms with Crippen LogP contribution in [0.15, 0.2) is 0 Å². The molecule has 2 amide bonds. The van der Waals surface area contributed by atoms with Crippen LogP contribution >= 0.6 is 0 Å². The fraction of sp³-hybridized carbons (Fsp3) is 0.846. The number of amides is 2. The third-order valence-corrected chi connectivity index (χ3v) is 4.51. The summed E-state index contributed by atoms with van der Waals surface area (Å²) in [7, 11) is 0. The molecule has 1 saturated heterocycles. The fourth-order valence-corrected chi connectivity index (χ4v) is 3.47. The molecule has 3 nitrogen and oxygen atoms in total. The Bertz CT molecular complexity index is 303. The lowest BCUT2D eigenvalue weighted by Crippen LogP contribution is -2.53. The molecule has 1 saturated carbocycles. The Kier molecular flexibility index (Phi) is 3.04. The molecule has 0 radical (unpaired) electrons. The molecule has 1 atom stereocenters. The molecule has 0 aromatic rings. The topological polar surface area (TPSA) is 46.2 Å². The summed E-state index contributed by atoms with van der Waals surface area (Å²) in [6.07, 6.45) is 5.84. The van der Waals surface area contributed by atoms with Crippen molar-refractivity contribution in [2.24, 2.45) is 17.3 Å². The van der Waals surface area contributed by atoms with Gasteiger partial charge in [-0.25, -0.2) is 0 Å². The smallest absolute Gasteiger partial charge is 0.230 e. The second-order valence-electron chi connectivity index (χ2n) is 5.59. The molecular formula is C13H21NO2. The SMILES string of the molecule is CCC1C(=O)NC(=O)CC12CCC(C)CC2. The standard InChI is InChI=1S/C13H21NO2/c1-3-10-12(16)14-11(15)8-13(10)6-4-9(2)5-7-13/h9-10H,3-8H2,1-2H3,(H,14,15,16). The maximum absolute atomic E-state index is 11.9. The summed E-state index contributed by atoms with van der Waals surface area (Å²) in [6, 6.07) is 0. The lowest BCUT2D eigenvalue weighted by atomic mass is 9.60. The van der Waals surface area contributed by atoms with Crippen molar-refractivity contribution in [2.75, 3.05) is 0 Å². The lowest BCUT2D eigenvalue weighted by molar-refractivity contribution is -0.146. The van der Waals surface area contributed by atoms with Crippen molar-refractivity contribution in [1.29, 1.82) is 0 Å². The van der Waals surface area contributed by atoms with Crippen LogP contribution < -0.4 is 5.32 Å². The summed E-state index contributed by atoms with van der Waals surface area (Å²) in [5, 5.41) is 2.49. The summed E-state index contributed by atoms with van der Waals surface area (Å²) >= 11 is 0. The van der Waals surface area contributed by atoms with Gasteiger partial charge >= 0.3 is 0 Å². The van der Waals surface area contributed by atoms with E-state index in [1.165, 1.54) is 0 Å². The molecule has 0 aromatic carbocycles. The predicted molar refractivity (Wildman–Crippen MR) is 61.6 cm³/mol. The summed E-state index contributed by atoms with van der Waals surface area (Å²) in [4.78, 5) is 23.4. The number of hydrogen-bond donors (Lipinski definition) is 1. The number of carbonyl (C=O) groups excluding carboxylic acids is 2. The van der Waals surface area contributed by atoms with Gasteiger partial charge in [0, 0.05) is 12.3 Å². The third-order valence-electron chi connectivity index (χ3n) is 4.51. The molecule has 1 spiro atoms. The van der Waals surface area contributed by atoms with Gasteiger partial charge in [-0.05, 0) is 30.6 Å². The van der Waals surface area contributed by atoms with Crippen LogP contribution in [-0.2, 0) is 9.59 Å². The zero-order valence-electron chi connectivity index (χ0n) is 10.2. The van der Waals surface area contributed by atoms with Crippen LogP contribution in [0.1, 0.15) is 52.4 Å². The van der Waals surface area contributed by atoms with Gasteiger partial charge in [-0.1, -0.05) is 26.7 Å². The van der Waals surface area contributed by atoms with Crippen LogP contribution in [0.5, 0.6) is 0 Å². The van der Waals surface area contributed by atoms with E-state index in [1.807, 2.05) is 0 Å². The molecule has 1 heterocycles. The summed E-state index contributed by atoms with van der Waals surface area (Å²) in [5.74, 6) is 0.707. The van der Waals surface area contributed by atoms with Crippen molar-refractivity contribution in [3.05, 3.63) is 0 Å². The van der Waals surface area contributed by atoms with Gasteiger partial charge in [-0.3, -0.25) is 14.9 Å². The highest BCUT2D eigenvalue weighted by molar-refractivity contribution is 5.99. The maximum atomic E-state index is 11.9. The first-order chi connectivity index (χ1) is 7.57. The van der Waals surface area contributed by atoms with Crippen molar-refractivity contribution in [1.82, 2.24) is 5.32 Å². The predicted octanol–water partition coefficient (Wildman–Crippen LogP) is 2.26. The molecule has 0 bridgehead atoms. The van der Waals surface area contributed by atoms with Crippen molar-refractivity contribution in [3.63, 3.8) is 0 Å². The number of carbonyl (C=O) groups is 2. The van der Waals surface area contributed by atoms with Gasteiger partial charge in [0.05, 0.1) is 0 Å². The first kappa shape index (κ1) is 11.6. The molecule has 2 rings (SSSR count). The monoisotopic (exact) mass is 223 g/mol. The second kappa shape index (κ2) is 4.19. The van der Waals surface area contributed by atoms with Gasteiger partial charge in [0.15, 0.2) is 0 Å². The Balaban J connectivity index is 2.21. The quantitative estimate of drug-likeness (QED) is 0.693. The molecule has 1 aliphatic heterocycles. The van der Waals surface area contributed by atoms with E-state index in [0.29, 0.717) is 6.42 Å². The molecule has 90 valence electrons. The van der Waals surface area contributed by atoms with Gasteiger partial charge in [-0.15, -0.1) is 0 Å². The van der Waals surface area contributed by atoms with Crippen LogP contribution in [0.2, 0.25) is 0 Å². The summed E-state index contributed by atoms with van der Waals surface area (Å²) < 4.78 is 0. The Labute approximate surface area is 97.0 Å². The summed E-state index contributed by atoms with van der Waals surface area (Å²) in [5.41, 5.74) is -0.0132. The van der Waals surface area contributed by atoms with Crippen LogP contribution in [0.25, 0.3) is 0 Å². The van der Waals surface area contributed by atoms with Gasteiger partial charge in [0.25, 0.3) is 0 Å². The molecule has 2 fully saturated rings. The highest BCUT2D eigenvalue weighted by Crippen LogP contribution is 2.49. The maximum Gasteiger partial charge on any atom is 0.230 e. The molecule has 1 aliphatic carbocycles. The van der Waals surface area contributed by atoms with Crippen LogP contribution in [-0.4, -0.2) is 11.8 Å². The van der Waals surface area contributed by atoms with E-state index in [9.17, 15) is 9.59 Å². The molecule has 2 aliphatic rings. The molecule has 1 N–H and O–H groups in total. The largest absolute Gasteiger partial charge is 0.296 e. The van der Waals surface area contributed by atoms with E-state index in [2.05, 4.69) is 19.2 Å². The lowest BCUT2D eigenvalue weighted by Gasteiger charge is -2.46. The Morgan fingerprint density at radius 2 is 1.94 bits per heavy atom. The minimum absolute atomic E-state index is 0.0132. The van der Waals surface area contributed by atoms with E-state index in [-0.39, 0.29) is 23.1 Å². The fourth-order valence-electron chi connectivity index (χ4n) is 3.47. The van der Waals surface area contributed by atoms with E-state index in [4.69, 9.17) is 0 Å². The number of piperidine rings is 1. The Morgan fingerprint density at radius 1 is 1.31 bits per heavy atom. The highest BCUT2D eigenvalue weighted by Gasteiger charge is 2.48. The van der Waals surface area contributed by atoms with Crippen molar-refractivity contribution in [2.45, 2.75) is 52.4 Å². The second-order valence-corrected chi connectivity index (χ2v) is 5.59. The molecule has 16 heavy (non-hydrogen) atoms. The van der Waals surface area contributed by atoms with Gasteiger partial charge in [-0.2, -0.15) is 0 Å². The molecular weight excluding hydrogens is 202 g/mol.